The smallest absolute Gasteiger partial charge is 0.340 e. The van der Waals surface area contributed by atoms with Crippen LogP contribution < -0.4 is 5.32 Å². The number of amidine groups is 1. The first kappa shape index (κ1) is 20.5. The number of esters is 1. The first-order chi connectivity index (χ1) is 13.8. The van der Waals surface area contributed by atoms with E-state index in [0.717, 1.165) is 0 Å². The second kappa shape index (κ2) is 8.39. The van der Waals surface area contributed by atoms with Gasteiger partial charge in [0.05, 0.1) is 11.3 Å². The lowest BCUT2D eigenvalue weighted by Crippen LogP contribution is -2.37. The number of nitrogens with one attached hydrogen (secondary N) is 1. The number of hydrogen-bond acceptors (Lipinski definition) is 7. The van der Waals surface area contributed by atoms with Crippen molar-refractivity contribution in [1.29, 1.82) is 0 Å². The lowest BCUT2D eigenvalue weighted by atomic mass is 10.1. The van der Waals surface area contributed by atoms with Crippen molar-refractivity contribution < 1.29 is 27.5 Å². The summed E-state index contributed by atoms with van der Waals surface area (Å²) in [7, 11) is -3.47. The Balaban J connectivity index is 1.57. The Morgan fingerprint density at radius 1 is 1.17 bits per heavy atom. The minimum absolute atomic E-state index is 0.133. The van der Waals surface area contributed by atoms with Gasteiger partial charge in [-0.3, -0.25) is 9.59 Å². The van der Waals surface area contributed by atoms with Crippen LogP contribution in [0.4, 0.5) is 5.69 Å². The van der Waals surface area contributed by atoms with Crippen LogP contribution in [0, 0.1) is 0 Å². The average Bonchev–Trinajstić information content (AvgIpc) is 2.71. The van der Waals surface area contributed by atoms with Crippen molar-refractivity contribution in [2.24, 2.45) is 4.40 Å². The summed E-state index contributed by atoms with van der Waals surface area (Å²) in [5.41, 5.74) is 1.11. The fraction of sp³-hybridized carbons (Fsp3) is 0.263. The molecule has 0 unspecified atom stereocenters. The minimum Gasteiger partial charge on any atom is -0.454 e. The first-order valence-electron chi connectivity index (χ1n) is 8.87. The molecule has 1 aromatic rings. The zero-order chi connectivity index (χ0) is 21.0. The molecule has 0 spiro atoms. The molecule has 29 heavy (non-hydrogen) atoms. The summed E-state index contributed by atoms with van der Waals surface area (Å²) in [5, 5.41) is 2.68. The molecule has 152 valence electrons. The molecule has 0 bridgehead atoms. The van der Waals surface area contributed by atoms with Crippen LogP contribution in [0.1, 0.15) is 23.7 Å². The fourth-order valence-electron chi connectivity index (χ4n) is 2.61. The molecule has 0 saturated carbocycles. The van der Waals surface area contributed by atoms with E-state index in [-0.39, 0.29) is 29.6 Å². The monoisotopic (exact) mass is 417 g/mol. The van der Waals surface area contributed by atoms with Crippen molar-refractivity contribution in [3.8, 4) is 0 Å². The Labute approximate surface area is 167 Å². The molecule has 0 fully saturated rings. The van der Waals surface area contributed by atoms with E-state index >= 15 is 0 Å². The quantitative estimate of drug-likeness (QED) is 0.546. The number of amides is 1. The van der Waals surface area contributed by atoms with Gasteiger partial charge in [-0.15, -0.1) is 4.40 Å². The molecule has 0 saturated heterocycles. The van der Waals surface area contributed by atoms with E-state index in [1.807, 2.05) is 0 Å². The summed E-state index contributed by atoms with van der Waals surface area (Å²) in [6, 6.07) is 6.27. The van der Waals surface area contributed by atoms with Gasteiger partial charge in [-0.05, 0) is 36.4 Å². The molecule has 1 amide bonds. The number of ether oxygens (including phenoxy) is 1. The van der Waals surface area contributed by atoms with Gasteiger partial charge in [0.15, 0.2) is 12.4 Å². The zero-order valence-corrected chi connectivity index (χ0v) is 16.4. The van der Waals surface area contributed by atoms with Crippen molar-refractivity contribution in [3.63, 3.8) is 0 Å². The molecule has 0 radical (unpaired) electrons. The van der Waals surface area contributed by atoms with Crippen LogP contribution in [0.25, 0.3) is 0 Å². The van der Waals surface area contributed by atoms with Gasteiger partial charge in [-0.25, -0.2) is 13.2 Å². The van der Waals surface area contributed by atoms with E-state index in [1.165, 1.54) is 30.5 Å². The number of carbonyl (C=O) groups is 3. The number of benzene rings is 1. The fourth-order valence-corrected chi connectivity index (χ4v) is 3.58. The van der Waals surface area contributed by atoms with Gasteiger partial charge in [0, 0.05) is 30.4 Å². The highest BCUT2D eigenvalue weighted by Crippen LogP contribution is 2.17. The van der Waals surface area contributed by atoms with Crippen molar-refractivity contribution >= 4 is 39.2 Å². The van der Waals surface area contributed by atoms with Gasteiger partial charge in [0.1, 0.15) is 5.84 Å². The summed E-state index contributed by atoms with van der Waals surface area (Å²) in [4.78, 5) is 37.3. The van der Waals surface area contributed by atoms with E-state index < -0.39 is 28.4 Å². The molecule has 1 aromatic carbocycles. The van der Waals surface area contributed by atoms with Crippen molar-refractivity contribution in [3.05, 3.63) is 53.8 Å². The summed E-state index contributed by atoms with van der Waals surface area (Å²) < 4.78 is 31.7. The largest absolute Gasteiger partial charge is 0.454 e. The summed E-state index contributed by atoms with van der Waals surface area (Å²) in [6.07, 6.45) is 4.61. The Bertz CT molecular complexity index is 1040. The molecular formula is C19H19N3O6S. The van der Waals surface area contributed by atoms with Crippen molar-refractivity contribution in [1.82, 2.24) is 4.90 Å². The van der Waals surface area contributed by atoms with Crippen LogP contribution >= 0.6 is 0 Å². The predicted molar refractivity (Wildman–Crippen MR) is 106 cm³/mol. The maximum absolute atomic E-state index is 12.2. The zero-order valence-electron chi connectivity index (χ0n) is 15.6. The molecule has 2 aliphatic rings. The summed E-state index contributed by atoms with van der Waals surface area (Å²) in [6.45, 7) is 1.47. The van der Waals surface area contributed by atoms with E-state index in [1.54, 1.807) is 24.0 Å². The standard InChI is InChI=1S/C19H19N3O6S/c1-2-18(24)20-15-6-3-13(4-7-15)16(23)12-28-19(25)14-5-8-17-21-29(26,27)10-9-22(17)11-14/h3-8,11H,2,9-10,12H2,1H3,(H,20,24). The molecular weight excluding hydrogens is 398 g/mol. The average molecular weight is 417 g/mol. The third-order valence-electron chi connectivity index (χ3n) is 4.21. The van der Waals surface area contributed by atoms with E-state index in [4.69, 9.17) is 4.74 Å². The highest BCUT2D eigenvalue weighted by molar-refractivity contribution is 7.90. The molecule has 0 atom stereocenters. The SMILES string of the molecule is CCC(=O)Nc1ccc(C(=O)COC(=O)C2=CN3CCS(=O)(=O)N=C3C=C2)cc1. The molecule has 1 N–H and O–H groups in total. The van der Waals surface area contributed by atoms with Gasteiger partial charge >= 0.3 is 5.97 Å². The number of fused-ring (bicyclic) bond motifs is 1. The third-order valence-corrected chi connectivity index (χ3v) is 5.37. The highest BCUT2D eigenvalue weighted by Gasteiger charge is 2.25. The Morgan fingerprint density at radius 3 is 2.59 bits per heavy atom. The van der Waals surface area contributed by atoms with Crippen LogP contribution in [0.3, 0.4) is 0 Å². The van der Waals surface area contributed by atoms with Crippen LogP contribution in [0.5, 0.6) is 0 Å². The topological polar surface area (TPSA) is 122 Å². The normalized spacial score (nSPS) is 16.9. The predicted octanol–water partition coefficient (Wildman–Crippen LogP) is 1.26. The van der Waals surface area contributed by atoms with Gasteiger partial charge in [-0.2, -0.15) is 0 Å². The lowest BCUT2D eigenvalue weighted by Gasteiger charge is -2.26. The van der Waals surface area contributed by atoms with Crippen LogP contribution in [0.2, 0.25) is 0 Å². The number of nitrogens with zero attached hydrogens (tertiary/aromatic N) is 2. The van der Waals surface area contributed by atoms with E-state index in [2.05, 4.69) is 9.71 Å². The molecule has 10 heteroatoms. The van der Waals surface area contributed by atoms with Crippen molar-refractivity contribution in [2.75, 3.05) is 24.2 Å². The van der Waals surface area contributed by atoms with E-state index in [9.17, 15) is 22.8 Å². The van der Waals surface area contributed by atoms with Crippen molar-refractivity contribution in [2.45, 2.75) is 13.3 Å². The summed E-state index contributed by atoms with van der Waals surface area (Å²) in [5.74, 6) is -1.13. The number of anilines is 1. The van der Waals surface area contributed by atoms with Gasteiger partial charge in [0.2, 0.25) is 5.91 Å². The molecule has 2 aliphatic heterocycles. The first-order valence-corrected chi connectivity index (χ1v) is 10.5. The molecule has 2 heterocycles. The number of Topliss-reactive ketones (excluding diaryl/α,β-unsaturated/α-hetero) is 1. The number of ketones is 1. The number of rotatable bonds is 6. The second-order valence-electron chi connectivity index (χ2n) is 6.33. The van der Waals surface area contributed by atoms with Crippen LogP contribution in [-0.4, -0.2) is 55.7 Å². The molecule has 0 aliphatic carbocycles. The maximum atomic E-state index is 12.2. The molecule has 0 aromatic heterocycles. The molecule has 3 rings (SSSR count). The van der Waals surface area contributed by atoms with Crippen LogP contribution in [-0.2, 0) is 24.3 Å². The minimum atomic E-state index is -3.47. The summed E-state index contributed by atoms with van der Waals surface area (Å²) >= 11 is 0. The third kappa shape index (κ3) is 5.17. The maximum Gasteiger partial charge on any atom is 0.340 e. The number of carbonyl (C=O) groups excluding carboxylic acids is 3. The highest BCUT2D eigenvalue weighted by atomic mass is 32.2. The number of sulfonamides is 1. The van der Waals surface area contributed by atoms with Crippen LogP contribution in [0.15, 0.2) is 52.6 Å². The Hall–Kier alpha value is -3.27. The lowest BCUT2D eigenvalue weighted by molar-refractivity contribution is -0.137. The number of hydrogen-bond donors (Lipinski definition) is 1. The van der Waals surface area contributed by atoms with Gasteiger partial charge in [0.25, 0.3) is 10.0 Å². The van der Waals surface area contributed by atoms with E-state index in [0.29, 0.717) is 17.7 Å². The van der Waals surface area contributed by atoms with Gasteiger partial charge < -0.3 is 15.0 Å². The Kier molecular flexibility index (Phi) is 5.92. The van der Waals surface area contributed by atoms with Gasteiger partial charge in [-0.1, -0.05) is 6.92 Å². The second-order valence-corrected chi connectivity index (χ2v) is 8.08. The Morgan fingerprint density at radius 2 is 1.90 bits per heavy atom. The molecule has 9 nitrogen and oxygen atoms in total.